The van der Waals surface area contributed by atoms with Gasteiger partial charge >= 0.3 is 0 Å². The Hall–Kier alpha value is -1.88. The van der Waals surface area contributed by atoms with E-state index in [1.165, 1.54) is 19.1 Å². The minimum Gasteiger partial charge on any atom is -0.508 e. The van der Waals surface area contributed by atoms with Crippen molar-refractivity contribution in [3.63, 3.8) is 0 Å². The number of aromatic hydroxyl groups is 1. The van der Waals surface area contributed by atoms with Crippen molar-refractivity contribution in [3.8, 4) is 5.75 Å². The number of hydrogen-bond acceptors (Lipinski definition) is 4. The fourth-order valence-corrected chi connectivity index (χ4v) is 3.04. The lowest BCUT2D eigenvalue weighted by Gasteiger charge is -2.29. The van der Waals surface area contributed by atoms with E-state index in [0.717, 1.165) is 0 Å². The molecule has 2 rings (SSSR count). The van der Waals surface area contributed by atoms with Crippen LogP contribution in [0.4, 0.5) is 0 Å². The molecular formula is C17H24N2O3. The van der Waals surface area contributed by atoms with Gasteiger partial charge in [-0.25, -0.2) is 0 Å². The molecule has 1 heterocycles. The minimum atomic E-state index is -1.11. The summed E-state index contributed by atoms with van der Waals surface area (Å²) in [4.78, 5) is 26.4. The summed E-state index contributed by atoms with van der Waals surface area (Å²) in [5.41, 5.74) is 5.91. The van der Waals surface area contributed by atoms with Crippen LogP contribution in [-0.4, -0.2) is 34.3 Å². The van der Waals surface area contributed by atoms with Gasteiger partial charge in [-0.05, 0) is 43.4 Å². The Bertz CT molecular complexity index is 568. The molecule has 1 amide bonds. The third-order valence-corrected chi connectivity index (χ3v) is 4.31. The van der Waals surface area contributed by atoms with E-state index >= 15 is 0 Å². The Balaban J connectivity index is 2.27. The summed E-state index contributed by atoms with van der Waals surface area (Å²) in [6, 6.07) is 5.98. The topological polar surface area (TPSA) is 83.6 Å². The van der Waals surface area contributed by atoms with Gasteiger partial charge < -0.3 is 15.7 Å². The van der Waals surface area contributed by atoms with E-state index in [1.54, 1.807) is 17.0 Å². The molecule has 0 aromatic heterocycles. The number of phenolic OH excluding ortho intramolecular Hbond substituents is 1. The molecule has 5 nitrogen and oxygen atoms in total. The third-order valence-electron chi connectivity index (χ3n) is 4.31. The summed E-state index contributed by atoms with van der Waals surface area (Å²) in [6.45, 7) is 6.07. The maximum Gasteiger partial charge on any atom is 0.247 e. The lowest BCUT2D eigenvalue weighted by Crippen LogP contribution is -2.49. The molecule has 120 valence electrons. The summed E-state index contributed by atoms with van der Waals surface area (Å²) in [5, 5.41) is 9.38. The fraction of sp³-hybridized carbons (Fsp3) is 0.529. The maximum atomic E-state index is 12.8. The highest BCUT2D eigenvalue weighted by Gasteiger charge is 2.47. The van der Waals surface area contributed by atoms with Crippen LogP contribution in [0.2, 0.25) is 0 Å². The molecule has 2 atom stereocenters. The standard InChI is InChI=1S/C17H24N2O3/c1-11(2)10-15(12(3)20)19-9-8-17(18,16(19)22)13-4-6-14(21)7-5-13/h4-7,11,15,21H,8-10,18H2,1-3H3/t15-,17-/m1/s1. The number of phenols is 1. The van der Waals surface area contributed by atoms with Crippen molar-refractivity contribution in [2.75, 3.05) is 6.54 Å². The van der Waals surface area contributed by atoms with Gasteiger partial charge in [-0.15, -0.1) is 0 Å². The molecule has 1 aromatic rings. The van der Waals surface area contributed by atoms with E-state index in [4.69, 9.17) is 5.73 Å². The Morgan fingerprint density at radius 3 is 2.45 bits per heavy atom. The number of rotatable bonds is 5. The smallest absolute Gasteiger partial charge is 0.247 e. The van der Waals surface area contributed by atoms with Crippen LogP contribution >= 0.6 is 0 Å². The quantitative estimate of drug-likeness (QED) is 0.868. The zero-order valence-corrected chi connectivity index (χ0v) is 13.4. The van der Waals surface area contributed by atoms with Crippen LogP contribution in [0.25, 0.3) is 0 Å². The monoisotopic (exact) mass is 304 g/mol. The summed E-state index contributed by atoms with van der Waals surface area (Å²) >= 11 is 0. The fourth-order valence-electron chi connectivity index (χ4n) is 3.04. The zero-order valence-electron chi connectivity index (χ0n) is 13.4. The molecule has 1 aliphatic heterocycles. The molecule has 0 saturated carbocycles. The predicted molar refractivity (Wildman–Crippen MR) is 84.2 cm³/mol. The van der Waals surface area contributed by atoms with Crippen LogP contribution in [0.3, 0.4) is 0 Å². The number of hydrogen-bond donors (Lipinski definition) is 2. The van der Waals surface area contributed by atoms with Gasteiger partial charge in [-0.2, -0.15) is 0 Å². The SMILES string of the molecule is CC(=O)[C@@H](CC(C)C)N1CC[C@@](N)(c2ccc(O)cc2)C1=O. The first-order chi connectivity index (χ1) is 10.3. The van der Waals surface area contributed by atoms with Crippen molar-refractivity contribution >= 4 is 11.7 Å². The largest absolute Gasteiger partial charge is 0.508 e. The van der Waals surface area contributed by atoms with Gasteiger partial charge in [0.15, 0.2) is 5.78 Å². The van der Waals surface area contributed by atoms with E-state index in [0.29, 0.717) is 30.9 Å². The van der Waals surface area contributed by atoms with E-state index in [2.05, 4.69) is 0 Å². The molecule has 5 heteroatoms. The number of nitrogens with zero attached hydrogens (tertiary/aromatic N) is 1. The molecule has 1 aliphatic rings. The second-order valence-electron chi connectivity index (χ2n) is 6.52. The van der Waals surface area contributed by atoms with Crippen molar-refractivity contribution in [1.82, 2.24) is 4.90 Å². The maximum absolute atomic E-state index is 12.8. The van der Waals surface area contributed by atoms with Gasteiger partial charge in [-0.1, -0.05) is 26.0 Å². The average Bonchev–Trinajstić information content (AvgIpc) is 2.74. The average molecular weight is 304 g/mol. The number of likely N-dealkylation sites (tertiary alicyclic amines) is 1. The molecule has 0 aliphatic carbocycles. The van der Waals surface area contributed by atoms with Gasteiger partial charge in [-0.3, -0.25) is 9.59 Å². The van der Waals surface area contributed by atoms with Gasteiger partial charge in [0.2, 0.25) is 5.91 Å². The summed E-state index contributed by atoms with van der Waals surface area (Å²) in [7, 11) is 0. The highest BCUT2D eigenvalue weighted by molar-refractivity contribution is 5.94. The number of carbonyl (C=O) groups excluding carboxylic acids is 2. The molecule has 1 fully saturated rings. The van der Waals surface area contributed by atoms with Crippen LogP contribution in [0.5, 0.6) is 5.75 Å². The van der Waals surface area contributed by atoms with Crippen molar-refractivity contribution in [3.05, 3.63) is 29.8 Å². The van der Waals surface area contributed by atoms with Crippen LogP contribution in [-0.2, 0) is 15.1 Å². The van der Waals surface area contributed by atoms with Gasteiger partial charge in [0.05, 0.1) is 6.04 Å². The van der Waals surface area contributed by atoms with Crippen molar-refractivity contribution in [1.29, 1.82) is 0 Å². The van der Waals surface area contributed by atoms with Gasteiger partial charge in [0, 0.05) is 6.54 Å². The Morgan fingerprint density at radius 2 is 1.95 bits per heavy atom. The van der Waals surface area contributed by atoms with Crippen LogP contribution < -0.4 is 5.73 Å². The molecule has 0 radical (unpaired) electrons. The first kappa shape index (κ1) is 16.5. The number of benzene rings is 1. The normalized spacial score (nSPS) is 23.1. The Morgan fingerprint density at radius 1 is 1.36 bits per heavy atom. The molecule has 22 heavy (non-hydrogen) atoms. The predicted octanol–water partition coefficient (Wildman–Crippen LogP) is 1.78. The number of ketones is 1. The van der Waals surface area contributed by atoms with E-state index in [1.807, 2.05) is 13.8 Å². The lowest BCUT2D eigenvalue weighted by molar-refractivity contribution is -0.139. The second kappa shape index (κ2) is 6.08. The van der Waals surface area contributed by atoms with Gasteiger partial charge in [0.1, 0.15) is 11.3 Å². The zero-order chi connectivity index (χ0) is 16.5. The molecule has 0 spiro atoms. The first-order valence-electron chi connectivity index (χ1n) is 7.65. The molecule has 3 N–H and O–H groups in total. The third kappa shape index (κ3) is 2.99. The molecule has 1 saturated heterocycles. The lowest BCUT2D eigenvalue weighted by atomic mass is 9.89. The first-order valence-corrected chi connectivity index (χ1v) is 7.65. The second-order valence-corrected chi connectivity index (χ2v) is 6.52. The molecule has 0 unspecified atom stereocenters. The minimum absolute atomic E-state index is 0.00277. The molecular weight excluding hydrogens is 280 g/mol. The summed E-state index contributed by atoms with van der Waals surface area (Å²) < 4.78 is 0. The highest BCUT2D eigenvalue weighted by atomic mass is 16.3. The summed E-state index contributed by atoms with van der Waals surface area (Å²) in [5.74, 6) is 0.246. The van der Waals surface area contributed by atoms with Crippen LogP contribution in [0.15, 0.2) is 24.3 Å². The Kier molecular flexibility index (Phi) is 4.56. The van der Waals surface area contributed by atoms with E-state index in [-0.39, 0.29) is 17.4 Å². The molecule has 1 aromatic carbocycles. The van der Waals surface area contributed by atoms with E-state index in [9.17, 15) is 14.7 Å². The summed E-state index contributed by atoms with van der Waals surface area (Å²) in [6.07, 6.45) is 1.12. The van der Waals surface area contributed by atoms with Crippen molar-refractivity contribution in [2.24, 2.45) is 11.7 Å². The molecule has 0 bridgehead atoms. The van der Waals surface area contributed by atoms with Crippen LogP contribution in [0.1, 0.15) is 39.2 Å². The van der Waals surface area contributed by atoms with Crippen LogP contribution in [0, 0.1) is 5.92 Å². The van der Waals surface area contributed by atoms with E-state index < -0.39 is 11.6 Å². The van der Waals surface area contributed by atoms with Crippen molar-refractivity contribution < 1.29 is 14.7 Å². The number of Topliss-reactive ketones (excluding diaryl/α,β-unsaturated/α-hetero) is 1. The number of nitrogens with two attached hydrogens (primary N) is 1. The van der Waals surface area contributed by atoms with Crippen molar-refractivity contribution in [2.45, 2.75) is 45.2 Å². The number of amides is 1. The number of carbonyl (C=O) groups is 2. The van der Waals surface area contributed by atoms with Gasteiger partial charge in [0.25, 0.3) is 0 Å². The highest BCUT2D eigenvalue weighted by Crippen LogP contribution is 2.34. The Labute approximate surface area is 131 Å².